The molecule has 3 amide bonds. The lowest BCUT2D eigenvalue weighted by Gasteiger charge is -2.54. The molecule has 0 aromatic heterocycles. The largest absolute Gasteiger partial charge is 0.465 e. The minimum Gasteiger partial charge on any atom is -0.465 e. The maximum absolute atomic E-state index is 14.8. The average molecular weight is 546 g/mol. The number of fused-ring (bicyclic) bond motifs is 1. The summed E-state index contributed by atoms with van der Waals surface area (Å²) < 4.78 is 14.8. The molecule has 40 heavy (non-hydrogen) atoms. The minimum absolute atomic E-state index is 0.225. The highest BCUT2D eigenvalue weighted by molar-refractivity contribution is 5.78. The first-order valence-corrected chi connectivity index (χ1v) is 13.9. The van der Waals surface area contributed by atoms with Gasteiger partial charge in [-0.1, -0.05) is 60.7 Å². The molecule has 8 heteroatoms. The van der Waals surface area contributed by atoms with E-state index < -0.39 is 29.7 Å². The molecule has 0 aliphatic carbocycles. The topological polar surface area (TPSA) is 93.1 Å². The number of hydrogen-bond donors (Lipinski definition) is 3. The Hall–Kier alpha value is -3.91. The van der Waals surface area contributed by atoms with Crippen LogP contribution in [0.2, 0.25) is 0 Å². The second-order valence-electron chi connectivity index (χ2n) is 11.0. The normalized spacial score (nSPS) is 21.8. The fourth-order valence-corrected chi connectivity index (χ4v) is 6.37. The molecule has 5 rings (SSSR count). The number of aliphatic hydroxyl groups excluding tert-OH is 1. The number of aliphatic hydroxyl groups is 1. The fraction of sp³-hybridized carbons (Fsp3) is 0.375. The molecule has 0 radical (unpaired) electrons. The lowest BCUT2D eigenvalue weighted by molar-refractivity contribution is -0.0638. The summed E-state index contributed by atoms with van der Waals surface area (Å²) in [5, 5.41) is 23.2. The van der Waals surface area contributed by atoms with Crippen LogP contribution in [0.4, 0.5) is 14.0 Å². The molecule has 1 fully saturated rings. The van der Waals surface area contributed by atoms with Gasteiger partial charge in [-0.15, -0.1) is 0 Å². The molecule has 0 bridgehead atoms. The van der Waals surface area contributed by atoms with Crippen LogP contribution in [0.3, 0.4) is 0 Å². The van der Waals surface area contributed by atoms with Crippen LogP contribution in [0, 0.1) is 5.82 Å². The monoisotopic (exact) mass is 545 g/mol. The molecule has 210 valence electrons. The van der Waals surface area contributed by atoms with E-state index in [1.165, 1.54) is 17.0 Å². The quantitative estimate of drug-likeness (QED) is 0.357. The number of hydrogen-bond acceptors (Lipinski definition) is 3. The van der Waals surface area contributed by atoms with E-state index in [-0.39, 0.29) is 12.6 Å². The zero-order chi connectivity index (χ0) is 28.3. The Kier molecular flexibility index (Phi) is 8.07. The first kappa shape index (κ1) is 27.6. The lowest BCUT2D eigenvalue weighted by atomic mass is 9.84. The van der Waals surface area contributed by atoms with Gasteiger partial charge in [0.05, 0.1) is 12.1 Å². The standard InChI is InChI=1S/C32H36FN3O4/c1-22(37)17-23-9-11-24(12-10-23)18-29-28-19-27(33)14-13-26(28)21-34-30(38)36(29)32(20-25-7-3-2-4-8-25)15-5-6-16-35(32)31(39)40/h2-4,7-14,19,22,29,37H,5-6,15-18,20-21H2,1H3,(H,34,38)(H,39,40). The predicted molar refractivity (Wildman–Crippen MR) is 150 cm³/mol. The lowest BCUT2D eigenvalue weighted by Crippen LogP contribution is -2.68. The zero-order valence-corrected chi connectivity index (χ0v) is 22.7. The number of rotatable bonds is 7. The van der Waals surface area contributed by atoms with Crippen LogP contribution in [-0.4, -0.2) is 50.4 Å². The second kappa shape index (κ2) is 11.7. The molecule has 3 aromatic rings. The number of carboxylic acid groups (broad SMARTS) is 1. The van der Waals surface area contributed by atoms with Crippen LogP contribution in [-0.2, 0) is 25.8 Å². The van der Waals surface area contributed by atoms with E-state index in [1.807, 2.05) is 54.6 Å². The molecule has 1 saturated heterocycles. The number of carbonyl (C=O) groups excluding carboxylic acids is 1. The van der Waals surface area contributed by atoms with E-state index in [9.17, 15) is 24.2 Å². The SMILES string of the molecule is CC(O)Cc1ccc(CC2c3cc(F)ccc3CNC(=O)N2C2(Cc3ccccc3)CCCCN2C(=O)O)cc1. The van der Waals surface area contributed by atoms with Crippen molar-refractivity contribution >= 4 is 12.1 Å². The first-order valence-electron chi connectivity index (χ1n) is 13.9. The van der Waals surface area contributed by atoms with Crippen molar-refractivity contribution in [2.75, 3.05) is 6.54 Å². The maximum atomic E-state index is 14.8. The molecule has 3 atom stereocenters. The molecule has 3 unspecified atom stereocenters. The van der Waals surface area contributed by atoms with E-state index in [0.29, 0.717) is 44.2 Å². The summed E-state index contributed by atoms with van der Waals surface area (Å²) in [5.41, 5.74) is 3.16. The summed E-state index contributed by atoms with van der Waals surface area (Å²) >= 11 is 0. The van der Waals surface area contributed by atoms with Crippen LogP contribution in [0.5, 0.6) is 0 Å². The van der Waals surface area contributed by atoms with E-state index >= 15 is 0 Å². The highest BCUT2D eigenvalue weighted by atomic mass is 19.1. The molecule has 0 saturated carbocycles. The zero-order valence-electron chi connectivity index (χ0n) is 22.7. The minimum atomic E-state index is -1.17. The van der Waals surface area contributed by atoms with Gasteiger partial charge in [-0.25, -0.2) is 14.0 Å². The Morgan fingerprint density at radius 1 is 1.05 bits per heavy atom. The van der Waals surface area contributed by atoms with Crippen molar-refractivity contribution in [3.8, 4) is 0 Å². The number of halogens is 1. The Bertz CT molecular complexity index is 1350. The smallest absolute Gasteiger partial charge is 0.409 e. The fourth-order valence-electron chi connectivity index (χ4n) is 6.37. The van der Waals surface area contributed by atoms with Crippen LogP contribution in [0.1, 0.15) is 60.0 Å². The van der Waals surface area contributed by atoms with Crippen molar-refractivity contribution in [1.29, 1.82) is 0 Å². The molecule has 7 nitrogen and oxygen atoms in total. The van der Waals surface area contributed by atoms with Crippen molar-refractivity contribution in [2.24, 2.45) is 0 Å². The van der Waals surface area contributed by atoms with E-state index in [4.69, 9.17) is 0 Å². The summed E-state index contributed by atoms with van der Waals surface area (Å²) in [4.78, 5) is 30.0. The number of benzene rings is 3. The maximum Gasteiger partial charge on any atom is 0.409 e. The Labute approximate surface area is 234 Å². The highest BCUT2D eigenvalue weighted by Crippen LogP contribution is 2.43. The second-order valence-corrected chi connectivity index (χ2v) is 11.0. The highest BCUT2D eigenvalue weighted by Gasteiger charge is 2.52. The number of urea groups is 1. The van der Waals surface area contributed by atoms with Crippen LogP contribution in [0.25, 0.3) is 0 Å². The van der Waals surface area contributed by atoms with Gasteiger partial charge in [0.25, 0.3) is 0 Å². The van der Waals surface area contributed by atoms with Gasteiger partial charge >= 0.3 is 12.1 Å². The summed E-state index contributed by atoms with van der Waals surface area (Å²) in [5.74, 6) is -0.402. The van der Waals surface area contributed by atoms with Gasteiger partial charge in [0.1, 0.15) is 11.5 Å². The number of amides is 3. The van der Waals surface area contributed by atoms with Gasteiger partial charge in [0.2, 0.25) is 0 Å². The molecule has 2 aliphatic heterocycles. The van der Waals surface area contributed by atoms with Gasteiger partial charge in [-0.3, -0.25) is 9.80 Å². The Morgan fingerprint density at radius 2 is 1.77 bits per heavy atom. The van der Waals surface area contributed by atoms with Crippen molar-refractivity contribution in [2.45, 2.75) is 69.8 Å². The van der Waals surface area contributed by atoms with Crippen LogP contribution < -0.4 is 5.32 Å². The van der Waals surface area contributed by atoms with Crippen molar-refractivity contribution in [3.63, 3.8) is 0 Å². The molecular formula is C32H36FN3O4. The summed E-state index contributed by atoms with van der Waals surface area (Å²) in [7, 11) is 0. The summed E-state index contributed by atoms with van der Waals surface area (Å²) in [6, 6.07) is 21.1. The van der Waals surface area contributed by atoms with Gasteiger partial charge in [0, 0.05) is 19.5 Å². The van der Waals surface area contributed by atoms with Crippen molar-refractivity contribution < 1.29 is 24.2 Å². The Balaban J connectivity index is 1.66. The van der Waals surface area contributed by atoms with E-state index in [2.05, 4.69) is 5.32 Å². The van der Waals surface area contributed by atoms with Crippen molar-refractivity contribution in [1.82, 2.24) is 15.1 Å². The number of piperidine rings is 1. The van der Waals surface area contributed by atoms with Gasteiger partial charge in [-0.05, 0) is 79.0 Å². The van der Waals surface area contributed by atoms with Gasteiger partial charge in [-0.2, -0.15) is 0 Å². The summed E-state index contributed by atoms with van der Waals surface area (Å²) in [6.07, 6.45) is 1.62. The first-order chi connectivity index (χ1) is 19.3. The van der Waals surface area contributed by atoms with E-state index in [1.54, 1.807) is 17.9 Å². The molecule has 3 N–H and O–H groups in total. The van der Waals surface area contributed by atoms with Gasteiger partial charge < -0.3 is 15.5 Å². The molecule has 3 aromatic carbocycles. The number of likely N-dealkylation sites (tertiary alicyclic amines) is 1. The van der Waals surface area contributed by atoms with Gasteiger partial charge in [0.15, 0.2) is 0 Å². The summed E-state index contributed by atoms with van der Waals surface area (Å²) in [6.45, 7) is 2.28. The Morgan fingerprint density at radius 3 is 2.48 bits per heavy atom. The van der Waals surface area contributed by atoms with Crippen LogP contribution >= 0.6 is 0 Å². The average Bonchev–Trinajstić information content (AvgIpc) is 3.06. The number of nitrogens with zero attached hydrogens (tertiary/aromatic N) is 2. The predicted octanol–water partition coefficient (Wildman–Crippen LogP) is 5.66. The van der Waals surface area contributed by atoms with E-state index in [0.717, 1.165) is 28.7 Å². The molecule has 0 spiro atoms. The van der Waals surface area contributed by atoms with Crippen molar-refractivity contribution in [3.05, 3.63) is 106 Å². The molecule has 2 aliphatic rings. The number of nitrogens with one attached hydrogen (secondary N) is 1. The molecule has 2 heterocycles. The van der Waals surface area contributed by atoms with Crippen LogP contribution in [0.15, 0.2) is 72.8 Å². The third-order valence-electron chi connectivity index (χ3n) is 8.13. The number of carbonyl (C=O) groups is 2. The molecular weight excluding hydrogens is 509 g/mol. The third kappa shape index (κ3) is 5.68. The third-order valence-corrected chi connectivity index (χ3v) is 8.13.